The minimum absolute atomic E-state index is 0.0231. The topological polar surface area (TPSA) is 133 Å². The van der Waals surface area contributed by atoms with E-state index in [1.807, 2.05) is 0 Å². The standard InChI is InChI=1S/C32H38BrClN4O7/c1-16-14-21(34)23(42-29(41)45-32(10,11)12)18(3)22(16)37-25-19(13-17(2)24(33)36-25)20(15-35)26(37)38(27(39)43-30(4,5)6)28(40)44-31(7,8)9/h13-14H,1-12H3. The average Bonchev–Trinajstić information content (AvgIpc) is 3.11. The summed E-state index contributed by atoms with van der Waals surface area (Å²) >= 11 is 10.0. The Morgan fingerprint density at radius 1 is 0.889 bits per heavy atom. The van der Waals surface area contributed by atoms with Crippen LogP contribution in [0.15, 0.2) is 16.7 Å². The fourth-order valence-corrected chi connectivity index (χ4v) is 5.02. The van der Waals surface area contributed by atoms with Gasteiger partial charge in [0.1, 0.15) is 38.7 Å². The maximum absolute atomic E-state index is 13.9. The fourth-order valence-electron chi connectivity index (χ4n) is 4.40. The number of imide groups is 1. The highest BCUT2D eigenvalue weighted by molar-refractivity contribution is 9.10. The van der Waals surface area contributed by atoms with Gasteiger partial charge >= 0.3 is 18.3 Å². The normalized spacial score (nSPS) is 12.0. The van der Waals surface area contributed by atoms with Gasteiger partial charge in [0.05, 0.1) is 10.7 Å². The maximum Gasteiger partial charge on any atom is 0.514 e. The third kappa shape index (κ3) is 8.07. The van der Waals surface area contributed by atoms with Crippen molar-refractivity contribution in [2.75, 3.05) is 4.90 Å². The van der Waals surface area contributed by atoms with Crippen molar-refractivity contribution in [2.24, 2.45) is 0 Å². The summed E-state index contributed by atoms with van der Waals surface area (Å²) < 4.78 is 24.2. The summed E-state index contributed by atoms with van der Waals surface area (Å²) in [6.07, 6.45) is -3.15. The molecule has 45 heavy (non-hydrogen) atoms. The van der Waals surface area contributed by atoms with Crippen LogP contribution in [0.5, 0.6) is 5.75 Å². The van der Waals surface area contributed by atoms with E-state index in [0.29, 0.717) is 37.3 Å². The van der Waals surface area contributed by atoms with Gasteiger partial charge in [-0.25, -0.2) is 19.4 Å². The zero-order valence-electron chi connectivity index (χ0n) is 27.6. The van der Waals surface area contributed by atoms with Crippen molar-refractivity contribution in [2.45, 2.75) is 99.9 Å². The van der Waals surface area contributed by atoms with Gasteiger partial charge in [0, 0.05) is 10.9 Å². The van der Waals surface area contributed by atoms with Crippen molar-refractivity contribution in [1.29, 1.82) is 5.26 Å². The molecule has 13 heteroatoms. The molecule has 242 valence electrons. The molecule has 11 nitrogen and oxygen atoms in total. The number of aromatic nitrogens is 2. The van der Waals surface area contributed by atoms with Gasteiger partial charge in [0.15, 0.2) is 11.6 Å². The van der Waals surface area contributed by atoms with E-state index in [1.54, 1.807) is 95.2 Å². The molecule has 0 aliphatic heterocycles. The van der Waals surface area contributed by atoms with Crippen molar-refractivity contribution in [1.82, 2.24) is 9.55 Å². The molecule has 2 amide bonds. The van der Waals surface area contributed by atoms with Crippen LogP contribution in [-0.2, 0) is 14.2 Å². The summed E-state index contributed by atoms with van der Waals surface area (Å²) in [4.78, 5) is 45.8. The van der Waals surface area contributed by atoms with Gasteiger partial charge in [0.2, 0.25) is 0 Å². The first kappa shape index (κ1) is 35.7. The van der Waals surface area contributed by atoms with Gasteiger partial charge < -0.3 is 18.9 Å². The lowest BCUT2D eigenvalue weighted by molar-refractivity contribution is 0.0203. The van der Waals surface area contributed by atoms with E-state index in [4.69, 9.17) is 35.5 Å². The molecule has 3 aromatic rings. The predicted octanol–water partition coefficient (Wildman–Crippen LogP) is 9.23. The summed E-state index contributed by atoms with van der Waals surface area (Å²) in [5, 5.41) is 11.0. The first-order valence-corrected chi connectivity index (χ1v) is 15.2. The van der Waals surface area contributed by atoms with Crippen LogP contribution < -0.4 is 9.64 Å². The molecule has 0 radical (unpaired) electrons. The average molecular weight is 706 g/mol. The number of pyridine rings is 1. The van der Waals surface area contributed by atoms with Crippen LogP contribution in [0.1, 0.15) is 84.6 Å². The molecule has 0 fully saturated rings. The van der Waals surface area contributed by atoms with E-state index in [0.717, 1.165) is 0 Å². The van der Waals surface area contributed by atoms with Crippen LogP contribution in [0.4, 0.5) is 20.2 Å². The van der Waals surface area contributed by atoms with Crippen molar-refractivity contribution in [3.8, 4) is 17.5 Å². The molecule has 2 heterocycles. The zero-order chi connectivity index (χ0) is 34.4. The number of fused-ring (bicyclic) bond motifs is 1. The highest BCUT2D eigenvalue weighted by Gasteiger charge is 2.39. The van der Waals surface area contributed by atoms with E-state index in [1.165, 1.54) is 4.57 Å². The van der Waals surface area contributed by atoms with E-state index >= 15 is 0 Å². The van der Waals surface area contributed by atoms with E-state index in [2.05, 4.69) is 22.0 Å². The molecule has 0 saturated heterocycles. The van der Waals surface area contributed by atoms with E-state index in [-0.39, 0.29) is 27.8 Å². The second kappa shape index (κ2) is 12.5. The summed E-state index contributed by atoms with van der Waals surface area (Å²) in [5.74, 6) is -0.206. The Kier molecular flexibility index (Phi) is 9.92. The Morgan fingerprint density at radius 2 is 1.40 bits per heavy atom. The Balaban J connectivity index is 2.53. The Hall–Kier alpha value is -3.82. The number of hydrogen-bond donors (Lipinski definition) is 0. The SMILES string of the molecule is Cc1cc2c(C#N)c(N(C(=O)OC(C)(C)C)C(=O)OC(C)(C)C)n(-c3c(C)cc(Cl)c(OC(=O)OC(C)(C)C)c3C)c2nc1Br. The molecule has 3 rings (SSSR count). The number of carbonyl (C=O) groups excluding carboxylic acids is 3. The van der Waals surface area contributed by atoms with Gasteiger partial charge in [-0.1, -0.05) is 11.6 Å². The Labute approximate surface area is 276 Å². The lowest BCUT2D eigenvalue weighted by Crippen LogP contribution is -2.45. The number of rotatable bonds is 3. The molecule has 0 atom stereocenters. The molecule has 0 spiro atoms. The van der Waals surface area contributed by atoms with Crippen molar-refractivity contribution in [3.05, 3.63) is 44.0 Å². The van der Waals surface area contributed by atoms with Crippen molar-refractivity contribution >= 4 is 62.7 Å². The van der Waals surface area contributed by atoms with E-state index < -0.39 is 35.1 Å². The summed E-state index contributed by atoms with van der Waals surface area (Å²) in [7, 11) is 0. The summed E-state index contributed by atoms with van der Waals surface area (Å²) in [6.45, 7) is 20.1. The van der Waals surface area contributed by atoms with E-state index in [9.17, 15) is 19.6 Å². The Bertz CT molecular complexity index is 1710. The largest absolute Gasteiger partial charge is 0.514 e. The van der Waals surface area contributed by atoms with Crippen LogP contribution in [-0.4, -0.2) is 44.7 Å². The number of ether oxygens (including phenoxy) is 4. The number of anilines is 1. The molecule has 0 aliphatic carbocycles. The van der Waals surface area contributed by atoms with Gasteiger partial charge in [-0.3, -0.25) is 4.57 Å². The second-order valence-corrected chi connectivity index (χ2v) is 14.6. The number of carbonyl (C=O) groups is 3. The van der Waals surface area contributed by atoms with Crippen molar-refractivity contribution in [3.63, 3.8) is 0 Å². The highest BCUT2D eigenvalue weighted by Crippen LogP contribution is 2.43. The smallest absolute Gasteiger partial charge is 0.443 e. The lowest BCUT2D eigenvalue weighted by Gasteiger charge is -2.30. The molecule has 2 aromatic heterocycles. The van der Waals surface area contributed by atoms with Crippen molar-refractivity contribution < 1.29 is 33.3 Å². The maximum atomic E-state index is 13.9. The predicted molar refractivity (Wildman–Crippen MR) is 175 cm³/mol. The molecular weight excluding hydrogens is 668 g/mol. The third-order valence-corrected chi connectivity index (χ3v) is 7.03. The number of nitrogens with zero attached hydrogens (tertiary/aromatic N) is 4. The molecule has 0 saturated carbocycles. The van der Waals surface area contributed by atoms with Crippen LogP contribution >= 0.6 is 27.5 Å². The van der Waals surface area contributed by atoms with Gasteiger partial charge in [-0.15, -0.1) is 0 Å². The minimum Gasteiger partial charge on any atom is -0.443 e. The first-order valence-electron chi connectivity index (χ1n) is 14.0. The molecule has 0 bridgehead atoms. The molecule has 0 N–H and O–H groups in total. The molecule has 1 aromatic carbocycles. The van der Waals surface area contributed by atoms with Crippen LogP contribution in [0, 0.1) is 32.1 Å². The summed E-state index contributed by atoms with van der Waals surface area (Å²) in [6, 6.07) is 5.42. The zero-order valence-corrected chi connectivity index (χ0v) is 29.9. The van der Waals surface area contributed by atoms with Crippen LogP contribution in [0.2, 0.25) is 5.02 Å². The number of hydrogen-bond acceptors (Lipinski definition) is 9. The monoisotopic (exact) mass is 704 g/mol. The number of amides is 2. The fraction of sp³-hybridized carbons (Fsp3) is 0.469. The first-order chi connectivity index (χ1) is 20.5. The quantitative estimate of drug-likeness (QED) is 0.113. The minimum atomic E-state index is -1.08. The summed E-state index contributed by atoms with van der Waals surface area (Å²) in [5.41, 5.74) is -0.794. The number of nitriles is 1. The van der Waals surface area contributed by atoms with Crippen LogP contribution in [0.3, 0.4) is 0 Å². The second-order valence-electron chi connectivity index (χ2n) is 13.5. The van der Waals surface area contributed by atoms with Crippen LogP contribution in [0.25, 0.3) is 16.7 Å². The number of aryl methyl sites for hydroxylation is 2. The number of benzene rings is 1. The van der Waals surface area contributed by atoms with Gasteiger partial charge in [-0.2, -0.15) is 10.2 Å². The van der Waals surface area contributed by atoms with Gasteiger partial charge in [0.25, 0.3) is 0 Å². The molecule has 0 unspecified atom stereocenters. The molecule has 0 aliphatic rings. The third-order valence-electron chi connectivity index (χ3n) is 5.95. The lowest BCUT2D eigenvalue weighted by atomic mass is 10.1. The Morgan fingerprint density at radius 3 is 1.87 bits per heavy atom. The molecular formula is C32H38BrClN4O7. The number of halogens is 2. The van der Waals surface area contributed by atoms with Gasteiger partial charge in [-0.05, 0) is 122 Å². The highest BCUT2D eigenvalue weighted by atomic mass is 79.9.